The van der Waals surface area contributed by atoms with Crippen molar-refractivity contribution in [1.82, 2.24) is 0 Å². The van der Waals surface area contributed by atoms with Gasteiger partial charge in [0.05, 0.1) is 0 Å². The summed E-state index contributed by atoms with van der Waals surface area (Å²) in [6.07, 6.45) is 1.09. The smallest absolute Gasteiger partial charge is 0.396 e. The zero-order chi connectivity index (χ0) is 21.6. The Morgan fingerprint density at radius 3 is 2.37 bits per heavy atom. The summed E-state index contributed by atoms with van der Waals surface area (Å²) in [7, 11) is 4.45. The molecule has 0 radical (unpaired) electrons. The lowest BCUT2D eigenvalue weighted by molar-refractivity contribution is -0.627. The predicted octanol–water partition coefficient (Wildman–Crippen LogP) is 5.18. The van der Waals surface area contributed by atoms with E-state index in [-0.39, 0.29) is 12.3 Å². The molecule has 154 valence electrons. The van der Waals surface area contributed by atoms with E-state index in [9.17, 15) is 0 Å². The van der Waals surface area contributed by atoms with Gasteiger partial charge in [-0.3, -0.25) is 0 Å². The largest absolute Gasteiger partial charge is 0.405 e. The fourth-order valence-electron chi connectivity index (χ4n) is 4.88. The maximum atomic E-state index is 2.49. The fraction of sp³-hybridized carbons (Fsp3) is 0.370. The van der Waals surface area contributed by atoms with Crippen LogP contribution in [0.3, 0.4) is 0 Å². The normalized spacial score (nSPS) is 14.3. The van der Waals surface area contributed by atoms with Crippen molar-refractivity contribution in [3.8, 4) is 0 Å². The van der Waals surface area contributed by atoms with Crippen molar-refractivity contribution in [3.63, 3.8) is 0 Å². The van der Waals surface area contributed by atoms with E-state index in [1.54, 1.807) is 0 Å². The Balaban J connectivity index is 1.97. The molecule has 0 N–H and O–H groups in total. The zero-order valence-electron chi connectivity index (χ0n) is 19.5. The zero-order valence-corrected chi connectivity index (χ0v) is 19.5. The number of benzene rings is 2. The number of anilines is 1. The van der Waals surface area contributed by atoms with Crippen LogP contribution in [-0.2, 0) is 13.5 Å². The van der Waals surface area contributed by atoms with E-state index >= 15 is 0 Å². The lowest BCUT2D eigenvalue weighted by Gasteiger charge is -2.36. The van der Waals surface area contributed by atoms with Gasteiger partial charge < -0.3 is 4.81 Å². The van der Waals surface area contributed by atoms with Gasteiger partial charge in [0.15, 0.2) is 5.59 Å². The van der Waals surface area contributed by atoms with Crippen molar-refractivity contribution in [2.45, 2.75) is 41.0 Å². The summed E-state index contributed by atoms with van der Waals surface area (Å²) >= 11 is 0. The predicted molar refractivity (Wildman–Crippen MR) is 131 cm³/mol. The van der Waals surface area contributed by atoms with E-state index < -0.39 is 0 Å². The van der Waals surface area contributed by atoms with Crippen LogP contribution in [0.15, 0.2) is 60.6 Å². The number of aromatic nitrogens is 1. The van der Waals surface area contributed by atoms with Crippen LogP contribution in [0.4, 0.5) is 5.69 Å². The second-order valence-corrected chi connectivity index (χ2v) is 10.2. The average molecular weight is 397 g/mol. The van der Waals surface area contributed by atoms with E-state index in [0.29, 0.717) is 5.92 Å². The molecule has 2 heterocycles. The minimum atomic E-state index is 0.0891. The van der Waals surface area contributed by atoms with Crippen molar-refractivity contribution in [3.05, 3.63) is 71.7 Å². The molecule has 0 atom stereocenters. The molecule has 0 amide bonds. The van der Waals surface area contributed by atoms with E-state index in [2.05, 4.69) is 119 Å². The van der Waals surface area contributed by atoms with Gasteiger partial charge in [-0.1, -0.05) is 70.9 Å². The van der Waals surface area contributed by atoms with Gasteiger partial charge in [0, 0.05) is 23.2 Å². The van der Waals surface area contributed by atoms with E-state index in [0.717, 1.165) is 6.42 Å². The topological polar surface area (TPSA) is 7.12 Å². The molecule has 4 rings (SSSR count). The second kappa shape index (κ2) is 7.61. The maximum absolute atomic E-state index is 2.49. The molecule has 3 heteroatoms. The second-order valence-electron chi connectivity index (χ2n) is 10.2. The Morgan fingerprint density at radius 1 is 1.00 bits per heavy atom. The number of nitrogens with zero attached hydrogens (tertiary/aromatic N) is 2. The Bertz CT molecular complexity index is 1120. The molecule has 1 aliphatic heterocycles. The number of hydrogen-bond acceptors (Lipinski definition) is 1. The summed E-state index contributed by atoms with van der Waals surface area (Å²) in [5.41, 5.74) is 8.30. The summed E-state index contributed by atoms with van der Waals surface area (Å²) < 4.78 is 2.39. The highest BCUT2D eigenvalue weighted by Crippen LogP contribution is 2.41. The molecule has 3 aromatic rings. The van der Waals surface area contributed by atoms with Crippen LogP contribution < -0.4 is 15.0 Å². The third kappa shape index (κ3) is 3.55. The van der Waals surface area contributed by atoms with Crippen LogP contribution in [0.1, 0.15) is 45.7 Å². The van der Waals surface area contributed by atoms with Crippen molar-refractivity contribution < 1.29 is 4.57 Å². The van der Waals surface area contributed by atoms with Crippen LogP contribution >= 0.6 is 0 Å². The highest BCUT2D eigenvalue weighted by atomic mass is 15.1. The van der Waals surface area contributed by atoms with Gasteiger partial charge in [-0.15, -0.1) is 0 Å². The molecule has 0 saturated heterocycles. The first-order chi connectivity index (χ1) is 14.2. The minimum Gasteiger partial charge on any atom is -0.405 e. The molecule has 0 saturated carbocycles. The van der Waals surface area contributed by atoms with Gasteiger partial charge in [-0.2, -0.15) is 0 Å². The summed E-state index contributed by atoms with van der Waals surface area (Å²) in [5, 5.41) is 1.37. The summed E-state index contributed by atoms with van der Waals surface area (Å²) in [6.45, 7) is 11.8. The first-order valence-corrected chi connectivity index (χ1v) is 11.1. The Morgan fingerprint density at radius 2 is 1.67 bits per heavy atom. The SMILES string of the molecule is CC(C)Cc1cc(B2C=C(C(C)(C)C)c3ccccc3N2C)[n+](C)c2ccccc12. The molecule has 0 spiro atoms. The first-order valence-electron chi connectivity index (χ1n) is 11.1. The number of hydrogen-bond donors (Lipinski definition) is 0. The number of para-hydroxylation sites is 2. The molecule has 1 aliphatic rings. The number of allylic oxidation sites excluding steroid dienone is 1. The van der Waals surface area contributed by atoms with Gasteiger partial charge in [-0.05, 0) is 53.6 Å². The van der Waals surface area contributed by atoms with E-state index in [1.165, 1.54) is 38.9 Å². The molecule has 1 aromatic heterocycles. The third-order valence-electron chi connectivity index (χ3n) is 6.38. The quantitative estimate of drug-likeness (QED) is 0.436. The average Bonchev–Trinajstić information content (AvgIpc) is 2.70. The lowest BCUT2D eigenvalue weighted by atomic mass is 9.51. The number of rotatable bonds is 3. The first kappa shape index (κ1) is 20.7. The highest BCUT2D eigenvalue weighted by Gasteiger charge is 2.38. The standard InChI is InChI=1S/C27H34BN2/c1-19(2)16-20-17-26(29(6)24-14-10-8-12-21(20)24)28-18-23(27(3,4)5)22-13-9-11-15-25(22)30(28)7/h8-15,17-19H,16H2,1-7H3/q+1. The molecule has 0 fully saturated rings. The van der Waals surface area contributed by atoms with Crippen LogP contribution in [0.5, 0.6) is 0 Å². The third-order valence-corrected chi connectivity index (χ3v) is 6.38. The molecule has 2 aromatic carbocycles. The Hall–Kier alpha value is -2.55. The number of aryl methyl sites for hydroxylation is 1. The van der Waals surface area contributed by atoms with Crippen LogP contribution in [0.2, 0.25) is 0 Å². The van der Waals surface area contributed by atoms with Crippen LogP contribution in [-0.4, -0.2) is 13.9 Å². The van der Waals surface area contributed by atoms with Gasteiger partial charge >= 0.3 is 6.85 Å². The Kier molecular flexibility index (Phi) is 5.26. The van der Waals surface area contributed by atoms with Crippen LogP contribution in [0.25, 0.3) is 16.5 Å². The van der Waals surface area contributed by atoms with Crippen molar-refractivity contribution >= 4 is 34.6 Å². The van der Waals surface area contributed by atoms with Crippen molar-refractivity contribution in [2.75, 3.05) is 11.9 Å². The minimum absolute atomic E-state index is 0.0891. The summed E-state index contributed by atoms with van der Waals surface area (Å²) in [4.78, 5) is 2.44. The van der Waals surface area contributed by atoms with Gasteiger partial charge in [-0.25, -0.2) is 4.57 Å². The molecule has 0 bridgehead atoms. The van der Waals surface area contributed by atoms with Crippen molar-refractivity contribution in [1.29, 1.82) is 0 Å². The van der Waals surface area contributed by atoms with E-state index in [4.69, 9.17) is 0 Å². The van der Waals surface area contributed by atoms with Gasteiger partial charge in [0.25, 0.3) is 0 Å². The molecular formula is C27H34BN2+. The lowest BCUT2D eigenvalue weighted by Crippen LogP contribution is -2.61. The Labute approximate surface area is 182 Å². The summed E-state index contributed by atoms with van der Waals surface area (Å²) in [5.74, 6) is 3.12. The monoisotopic (exact) mass is 397 g/mol. The highest BCUT2D eigenvalue weighted by molar-refractivity contribution is 6.81. The fourth-order valence-corrected chi connectivity index (χ4v) is 4.88. The van der Waals surface area contributed by atoms with Gasteiger partial charge in [0.1, 0.15) is 7.05 Å². The van der Waals surface area contributed by atoms with Crippen LogP contribution in [0, 0.1) is 11.3 Å². The molecule has 0 aliphatic carbocycles. The molecule has 2 nitrogen and oxygen atoms in total. The number of pyridine rings is 1. The van der Waals surface area contributed by atoms with Crippen molar-refractivity contribution in [2.24, 2.45) is 18.4 Å². The molecule has 0 unspecified atom stereocenters. The van der Waals surface area contributed by atoms with E-state index in [1.807, 2.05) is 0 Å². The molecular weight excluding hydrogens is 363 g/mol. The maximum Gasteiger partial charge on any atom is 0.396 e. The summed E-state index contributed by atoms with van der Waals surface area (Å²) in [6, 6.07) is 20.1. The van der Waals surface area contributed by atoms with Gasteiger partial charge in [0.2, 0.25) is 5.52 Å². The molecule has 30 heavy (non-hydrogen) atoms. The number of fused-ring (bicyclic) bond motifs is 2.